The van der Waals surface area contributed by atoms with Gasteiger partial charge in [-0.15, -0.1) is 0 Å². The molecule has 12 nitrogen and oxygen atoms in total. The number of amides is 2. The maximum absolute atomic E-state index is 14.5. The highest BCUT2D eigenvalue weighted by atomic mass is 19.1. The number of pyridine rings is 1. The highest BCUT2D eigenvalue weighted by molar-refractivity contribution is 5.99. The summed E-state index contributed by atoms with van der Waals surface area (Å²) >= 11 is 0. The minimum absolute atomic E-state index is 0.0848. The van der Waals surface area contributed by atoms with E-state index in [0.29, 0.717) is 37.6 Å². The summed E-state index contributed by atoms with van der Waals surface area (Å²) in [6.45, 7) is 5.88. The number of halogens is 1. The summed E-state index contributed by atoms with van der Waals surface area (Å²) in [7, 11) is 1.38. The van der Waals surface area contributed by atoms with Crippen molar-refractivity contribution in [2.45, 2.75) is 19.4 Å². The summed E-state index contributed by atoms with van der Waals surface area (Å²) in [6, 6.07) is 10.9. The van der Waals surface area contributed by atoms with Crippen LogP contribution in [-0.4, -0.2) is 70.7 Å². The van der Waals surface area contributed by atoms with Crippen LogP contribution in [0.1, 0.15) is 13.8 Å². The molecule has 2 aliphatic heterocycles. The Hall–Kier alpha value is -4.68. The number of hydrogen-bond acceptors (Lipinski definition) is 10. The van der Waals surface area contributed by atoms with Crippen molar-refractivity contribution < 1.29 is 23.5 Å². The highest BCUT2D eigenvalue weighted by Gasteiger charge is 2.36. The van der Waals surface area contributed by atoms with E-state index in [0.717, 1.165) is 11.9 Å². The number of aromatic nitrogens is 3. The molecular formula is C25H27FN8O4. The lowest BCUT2D eigenvalue weighted by Gasteiger charge is -2.35. The smallest absolute Gasteiger partial charge is 0.409 e. The van der Waals surface area contributed by atoms with Gasteiger partial charge >= 0.3 is 6.09 Å². The number of fused-ring (bicyclic) bond motifs is 1. The molecule has 2 amide bonds. The van der Waals surface area contributed by atoms with E-state index in [-0.39, 0.29) is 35.4 Å². The Morgan fingerprint density at radius 2 is 1.82 bits per heavy atom. The van der Waals surface area contributed by atoms with Gasteiger partial charge in [0.25, 0.3) is 5.91 Å². The van der Waals surface area contributed by atoms with Gasteiger partial charge in [0.15, 0.2) is 28.8 Å². The first-order chi connectivity index (χ1) is 18.2. The van der Waals surface area contributed by atoms with Crippen LogP contribution in [0.25, 0.3) is 0 Å². The number of rotatable bonds is 5. The largest absolute Gasteiger partial charge is 0.474 e. The zero-order valence-electron chi connectivity index (χ0n) is 21.1. The van der Waals surface area contributed by atoms with Crippen LogP contribution in [0.4, 0.5) is 44.0 Å². The SMILES string of the molecule is COC(=O)N1CCN(c2ccc(Nc3ncc(F)c(Nc4ccc5c(n4)NC(=O)C(C)(C)O5)n3)cc2)CC1. The number of carbonyl (C=O) groups excluding carboxylic acids is 2. The van der Waals surface area contributed by atoms with E-state index < -0.39 is 11.4 Å². The maximum atomic E-state index is 14.5. The number of nitrogens with one attached hydrogen (secondary N) is 3. The van der Waals surface area contributed by atoms with Gasteiger partial charge in [-0.05, 0) is 50.2 Å². The van der Waals surface area contributed by atoms with Gasteiger partial charge in [-0.3, -0.25) is 4.79 Å². The molecule has 2 aromatic heterocycles. The third-order valence-electron chi connectivity index (χ3n) is 6.19. The van der Waals surface area contributed by atoms with Crippen molar-refractivity contribution in [3.8, 4) is 5.75 Å². The number of nitrogens with zero attached hydrogens (tertiary/aromatic N) is 5. The molecule has 13 heteroatoms. The quantitative estimate of drug-likeness (QED) is 0.457. The molecule has 2 aliphatic rings. The summed E-state index contributed by atoms with van der Waals surface area (Å²) in [5.74, 6) is 0.0239. The second-order valence-electron chi connectivity index (χ2n) is 9.24. The van der Waals surface area contributed by atoms with Gasteiger partial charge in [0.1, 0.15) is 5.82 Å². The Morgan fingerprint density at radius 1 is 1.08 bits per heavy atom. The number of ether oxygens (including phenoxy) is 2. The van der Waals surface area contributed by atoms with Gasteiger partial charge in [0.05, 0.1) is 13.3 Å². The highest BCUT2D eigenvalue weighted by Crippen LogP contribution is 2.33. The van der Waals surface area contributed by atoms with E-state index in [1.165, 1.54) is 7.11 Å². The molecule has 0 spiro atoms. The molecule has 0 aliphatic carbocycles. The van der Waals surface area contributed by atoms with Crippen molar-refractivity contribution >= 4 is 46.8 Å². The van der Waals surface area contributed by atoms with Crippen molar-refractivity contribution in [2.24, 2.45) is 0 Å². The van der Waals surface area contributed by atoms with Crippen LogP contribution in [-0.2, 0) is 9.53 Å². The van der Waals surface area contributed by atoms with Crippen LogP contribution in [0.5, 0.6) is 5.75 Å². The number of methoxy groups -OCH3 is 1. The third kappa shape index (κ3) is 5.21. The van der Waals surface area contributed by atoms with Crippen molar-refractivity contribution in [3.63, 3.8) is 0 Å². The lowest BCUT2D eigenvalue weighted by Crippen LogP contribution is -2.48. The first-order valence-corrected chi connectivity index (χ1v) is 12.0. The molecule has 0 unspecified atom stereocenters. The number of benzene rings is 1. The Morgan fingerprint density at radius 3 is 2.53 bits per heavy atom. The summed E-state index contributed by atoms with van der Waals surface area (Å²) in [6.07, 6.45) is 0.739. The molecule has 1 fully saturated rings. The fourth-order valence-electron chi connectivity index (χ4n) is 4.06. The van der Waals surface area contributed by atoms with Crippen LogP contribution >= 0.6 is 0 Å². The predicted octanol–water partition coefficient (Wildman–Crippen LogP) is 3.50. The van der Waals surface area contributed by atoms with Crippen molar-refractivity contribution in [1.82, 2.24) is 19.9 Å². The zero-order valence-corrected chi connectivity index (χ0v) is 21.1. The van der Waals surface area contributed by atoms with Crippen molar-refractivity contribution in [1.29, 1.82) is 0 Å². The van der Waals surface area contributed by atoms with Crippen LogP contribution in [0, 0.1) is 5.82 Å². The number of piperazine rings is 1. The van der Waals surface area contributed by atoms with Crippen LogP contribution in [0.2, 0.25) is 0 Å². The molecule has 1 saturated heterocycles. The van der Waals surface area contributed by atoms with Crippen LogP contribution in [0.3, 0.4) is 0 Å². The molecule has 4 heterocycles. The molecule has 3 aromatic rings. The van der Waals surface area contributed by atoms with Gasteiger partial charge in [0, 0.05) is 37.6 Å². The summed E-state index contributed by atoms with van der Waals surface area (Å²) in [5.41, 5.74) is 0.718. The van der Waals surface area contributed by atoms with E-state index >= 15 is 0 Å². The average molecular weight is 523 g/mol. The fraction of sp³-hybridized carbons (Fsp3) is 0.320. The third-order valence-corrected chi connectivity index (χ3v) is 6.19. The lowest BCUT2D eigenvalue weighted by atomic mass is 10.1. The Bertz CT molecular complexity index is 1360. The molecular weight excluding hydrogens is 495 g/mol. The predicted molar refractivity (Wildman–Crippen MR) is 139 cm³/mol. The minimum atomic E-state index is -1.01. The van der Waals surface area contributed by atoms with Crippen LogP contribution < -0.4 is 25.6 Å². The monoisotopic (exact) mass is 522 g/mol. The molecule has 0 bridgehead atoms. The van der Waals surface area contributed by atoms with E-state index in [4.69, 9.17) is 9.47 Å². The van der Waals surface area contributed by atoms with E-state index in [9.17, 15) is 14.0 Å². The Balaban J connectivity index is 1.24. The summed E-state index contributed by atoms with van der Waals surface area (Å²) in [5, 5.41) is 8.58. The van der Waals surface area contributed by atoms with Crippen molar-refractivity contribution in [3.05, 3.63) is 48.4 Å². The second-order valence-corrected chi connectivity index (χ2v) is 9.24. The average Bonchev–Trinajstić information content (AvgIpc) is 2.91. The standard InChI is InChI=1S/C25H27FN8O4/c1-25(2)22(35)31-21-18(38-25)8-9-19(30-21)29-20-17(26)14-27-23(32-20)28-15-4-6-16(7-5-15)33-10-12-34(13-11-33)24(36)37-3/h4-9,14H,10-13H2,1-3H3,(H3,27,28,29,30,31,32,35). The van der Waals surface area contributed by atoms with Gasteiger partial charge < -0.3 is 35.2 Å². The van der Waals surface area contributed by atoms with Gasteiger partial charge in [0.2, 0.25) is 5.95 Å². The summed E-state index contributed by atoms with van der Waals surface area (Å²) in [4.78, 5) is 40.3. The molecule has 3 N–H and O–H groups in total. The Kier molecular flexibility index (Phi) is 6.57. The second kappa shape index (κ2) is 10.00. The first kappa shape index (κ1) is 25.0. The molecule has 198 valence electrons. The van der Waals surface area contributed by atoms with Gasteiger partial charge in [-0.1, -0.05) is 0 Å². The minimum Gasteiger partial charge on any atom is -0.474 e. The normalized spacial score (nSPS) is 16.2. The van der Waals surface area contributed by atoms with Crippen LogP contribution in [0.15, 0.2) is 42.6 Å². The zero-order chi connectivity index (χ0) is 26.9. The molecule has 0 radical (unpaired) electrons. The lowest BCUT2D eigenvalue weighted by molar-refractivity contribution is -0.129. The Labute approximate surface area is 218 Å². The molecule has 1 aromatic carbocycles. The van der Waals surface area contributed by atoms with Crippen molar-refractivity contribution in [2.75, 3.05) is 54.1 Å². The van der Waals surface area contributed by atoms with E-state index in [2.05, 4.69) is 35.8 Å². The molecule has 0 atom stereocenters. The topological polar surface area (TPSA) is 134 Å². The number of hydrogen-bond donors (Lipinski definition) is 3. The first-order valence-electron chi connectivity index (χ1n) is 12.0. The van der Waals surface area contributed by atoms with Gasteiger partial charge in [-0.2, -0.15) is 4.98 Å². The maximum Gasteiger partial charge on any atom is 0.409 e. The molecule has 0 saturated carbocycles. The number of carbonyl (C=O) groups is 2. The van der Waals surface area contributed by atoms with Gasteiger partial charge in [-0.25, -0.2) is 19.2 Å². The number of anilines is 6. The molecule has 5 rings (SSSR count). The fourth-order valence-corrected chi connectivity index (χ4v) is 4.06. The molecule has 38 heavy (non-hydrogen) atoms. The van der Waals surface area contributed by atoms with E-state index in [1.807, 2.05) is 24.3 Å². The summed E-state index contributed by atoms with van der Waals surface area (Å²) < 4.78 is 24.9. The van der Waals surface area contributed by atoms with E-state index in [1.54, 1.807) is 30.9 Å².